The zero-order valence-electron chi connectivity index (χ0n) is 15.5. The van der Waals surface area contributed by atoms with E-state index in [-0.39, 0.29) is 18.4 Å². The molecular formula is C21H22N2O5. The normalized spacial score (nSPS) is 24.9. The Kier molecular flexibility index (Phi) is 5.16. The number of benzene rings is 1. The van der Waals surface area contributed by atoms with Gasteiger partial charge in [-0.25, -0.2) is 0 Å². The predicted molar refractivity (Wildman–Crippen MR) is 102 cm³/mol. The maximum atomic E-state index is 12.9. The summed E-state index contributed by atoms with van der Waals surface area (Å²) >= 11 is 0. The number of rotatable bonds is 7. The highest BCUT2D eigenvalue weighted by molar-refractivity contribution is 5.97. The predicted octanol–water partition coefficient (Wildman–Crippen LogP) is 2.50. The Morgan fingerprint density at radius 3 is 2.39 bits per heavy atom. The second kappa shape index (κ2) is 7.90. The van der Waals surface area contributed by atoms with E-state index in [1.54, 1.807) is 42.7 Å². The molecule has 0 spiro atoms. The fraction of sp³-hybridized carbons (Fsp3) is 0.333. The number of hydrogen-bond donors (Lipinski definition) is 2. The molecule has 1 saturated heterocycles. The summed E-state index contributed by atoms with van der Waals surface area (Å²) in [6.07, 6.45) is 4.47. The van der Waals surface area contributed by atoms with Crippen molar-refractivity contribution in [2.45, 2.75) is 25.7 Å². The summed E-state index contributed by atoms with van der Waals surface area (Å²) in [6.45, 7) is 2.77. The summed E-state index contributed by atoms with van der Waals surface area (Å²) in [4.78, 5) is 25.7. The van der Waals surface area contributed by atoms with Gasteiger partial charge in [0.15, 0.2) is 0 Å². The molecule has 2 bridgehead atoms. The molecule has 2 amide bonds. The molecule has 2 aromatic rings. The molecule has 4 rings (SSSR count). The highest BCUT2D eigenvalue weighted by atomic mass is 16.5. The van der Waals surface area contributed by atoms with Gasteiger partial charge in [0.05, 0.1) is 43.5 Å². The van der Waals surface area contributed by atoms with E-state index in [9.17, 15) is 9.59 Å². The van der Waals surface area contributed by atoms with E-state index in [0.717, 1.165) is 5.75 Å². The first-order valence-electron chi connectivity index (χ1n) is 9.33. The van der Waals surface area contributed by atoms with E-state index in [1.807, 2.05) is 19.1 Å². The molecule has 0 unspecified atom stereocenters. The number of carbonyl (C=O) groups excluding carboxylic acids is 2. The minimum atomic E-state index is -0.585. The Hall–Kier alpha value is -3.06. The monoisotopic (exact) mass is 382 g/mol. The van der Waals surface area contributed by atoms with Crippen LogP contribution in [0.25, 0.3) is 0 Å². The van der Waals surface area contributed by atoms with Crippen molar-refractivity contribution in [3.8, 4) is 5.75 Å². The van der Waals surface area contributed by atoms with Crippen LogP contribution >= 0.6 is 0 Å². The standard InChI is InChI=1S/C21H22N2O5/c1-2-26-14-7-5-13(6-8-14)23-21(25)19-17-10-9-16(28-17)18(19)20(24)22-12-15-4-3-11-27-15/h3-11,16-19H,2,12H2,1H3,(H,22,24)(H,23,25)/t16-,17+,18+,19+/m0/s1. The average molecular weight is 382 g/mol. The van der Waals surface area contributed by atoms with Crippen molar-refractivity contribution >= 4 is 17.5 Å². The molecule has 4 atom stereocenters. The molecule has 28 heavy (non-hydrogen) atoms. The third kappa shape index (κ3) is 3.66. The molecule has 0 aliphatic carbocycles. The van der Waals surface area contributed by atoms with Crippen LogP contribution in [-0.4, -0.2) is 30.6 Å². The van der Waals surface area contributed by atoms with Crippen LogP contribution in [0.2, 0.25) is 0 Å². The third-order valence-electron chi connectivity index (χ3n) is 4.95. The Morgan fingerprint density at radius 1 is 1.04 bits per heavy atom. The number of anilines is 1. The van der Waals surface area contributed by atoms with Crippen molar-refractivity contribution in [2.75, 3.05) is 11.9 Å². The summed E-state index contributed by atoms with van der Waals surface area (Å²) in [5, 5.41) is 5.72. The molecule has 2 aliphatic rings. The lowest BCUT2D eigenvalue weighted by Gasteiger charge is -2.23. The van der Waals surface area contributed by atoms with Crippen molar-refractivity contribution in [2.24, 2.45) is 11.8 Å². The molecule has 7 heteroatoms. The summed E-state index contributed by atoms with van der Waals surface area (Å²) in [7, 11) is 0. The van der Waals surface area contributed by atoms with E-state index in [4.69, 9.17) is 13.9 Å². The Labute approximate surface area is 162 Å². The largest absolute Gasteiger partial charge is 0.494 e. The second-order valence-electron chi connectivity index (χ2n) is 6.75. The van der Waals surface area contributed by atoms with Crippen LogP contribution in [0.3, 0.4) is 0 Å². The lowest BCUT2D eigenvalue weighted by molar-refractivity contribution is -0.131. The van der Waals surface area contributed by atoms with Gasteiger partial charge in [-0.3, -0.25) is 9.59 Å². The number of nitrogens with one attached hydrogen (secondary N) is 2. The zero-order valence-corrected chi connectivity index (χ0v) is 15.5. The quantitative estimate of drug-likeness (QED) is 0.718. The SMILES string of the molecule is CCOc1ccc(NC(=O)[C@H]2[C@H](C(=O)NCc3ccco3)[C@@H]3C=C[C@H]2O3)cc1. The third-order valence-corrected chi connectivity index (χ3v) is 4.95. The van der Waals surface area contributed by atoms with Gasteiger partial charge in [0, 0.05) is 5.69 Å². The number of furan rings is 1. The molecule has 2 N–H and O–H groups in total. The molecule has 3 heterocycles. The molecule has 0 radical (unpaired) electrons. The summed E-state index contributed by atoms with van der Waals surface area (Å²) in [5.74, 6) is -0.227. The van der Waals surface area contributed by atoms with Gasteiger partial charge in [-0.1, -0.05) is 12.2 Å². The van der Waals surface area contributed by atoms with E-state index in [2.05, 4.69) is 10.6 Å². The van der Waals surface area contributed by atoms with E-state index in [0.29, 0.717) is 18.1 Å². The van der Waals surface area contributed by atoms with Crippen molar-refractivity contribution in [1.82, 2.24) is 5.32 Å². The van der Waals surface area contributed by atoms with Crippen molar-refractivity contribution in [3.05, 3.63) is 60.6 Å². The average Bonchev–Trinajstić information content (AvgIpc) is 3.45. The first kappa shape index (κ1) is 18.3. The number of fused-ring (bicyclic) bond motifs is 2. The van der Waals surface area contributed by atoms with Crippen LogP contribution in [0, 0.1) is 11.8 Å². The maximum Gasteiger partial charge on any atom is 0.231 e. The lowest BCUT2D eigenvalue weighted by Crippen LogP contribution is -2.44. The highest BCUT2D eigenvalue weighted by Gasteiger charge is 2.52. The summed E-state index contributed by atoms with van der Waals surface area (Å²) in [6, 6.07) is 10.7. The zero-order chi connectivity index (χ0) is 19.5. The fourth-order valence-electron chi connectivity index (χ4n) is 3.67. The van der Waals surface area contributed by atoms with Gasteiger partial charge in [0.2, 0.25) is 11.8 Å². The number of hydrogen-bond acceptors (Lipinski definition) is 5. The second-order valence-corrected chi connectivity index (χ2v) is 6.75. The Bertz CT molecular complexity index is 859. The molecular weight excluding hydrogens is 360 g/mol. The number of carbonyl (C=O) groups is 2. The van der Waals surface area contributed by atoms with Crippen molar-refractivity contribution in [1.29, 1.82) is 0 Å². The van der Waals surface area contributed by atoms with Crippen LogP contribution in [0.4, 0.5) is 5.69 Å². The minimum Gasteiger partial charge on any atom is -0.494 e. The van der Waals surface area contributed by atoms with E-state index in [1.165, 1.54) is 0 Å². The van der Waals surface area contributed by atoms with Crippen LogP contribution in [-0.2, 0) is 20.9 Å². The van der Waals surface area contributed by atoms with Crippen LogP contribution in [0.1, 0.15) is 12.7 Å². The molecule has 7 nitrogen and oxygen atoms in total. The molecule has 146 valence electrons. The van der Waals surface area contributed by atoms with E-state index < -0.39 is 24.0 Å². The molecule has 1 fully saturated rings. The topological polar surface area (TPSA) is 89.8 Å². The smallest absolute Gasteiger partial charge is 0.231 e. The van der Waals surface area contributed by atoms with E-state index >= 15 is 0 Å². The van der Waals surface area contributed by atoms with Crippen molar-refractivity contribution < 1.29 is 23.5 Å². The van der Waals surface area contributed by atoms with Gasteiger partial charge in [-0.2, -0.15) is 0 Å². The van der Waals surface area contributed by atoms with Crippen LogP contribution in [0.5, 0.6) is 5.75 Å². The Morgan fingerprint density at radius 2 is 1.75 bits per heavy atom. The van der Waals surface area contributed by atoms with Gasteiger partial charge >= 0.3 is 0 Å². The van der Waals surface area contributed by atoms with Crippen LogP contribution < -0.4 is 15.4 Å². The molecule has 2 aliphatic heterocycles. The van der Waals surface area contributed by atoms with Gasteiger partial charge in [0.1, 0.15) is 11.5 Å². The minimum absolute atomic E-state index is 0.222. The summed E-state index contributed by atoms with van der Waals surface area (Å²) < 4.78 is 16.4. The summed E-state index contributed by atoms with van der Waals surface area (Å²) in [5.41, 5.74) is 0.648. The van der Waals surface area contributed by atoms with Crippen molar-refractivity contribution in [3.63, 3.8) is 0 Å². The van der Waals surface area contributed by atoms with Gasteiger partial charge < -0.3 is 24.5 Å². The van der Waals surface area contributed by atoms with Gasteiger partial charge in [0.25, 0.3) is 0 Å². The highest BCUT2D eigenvalue weighted by Crippen LogP contribution is 2.40. The van der Waals surface area contributed by atoms with Crippen LogP contribution in [0.15, 0.2) is 59.2 Å². The lowest BCUT2D eigenvalue weighted by atomic mass is 9.81. The first-order chi connectivity index (χ1) is 13.7. The Balaban J connectivity index is 1.43. The molecule has 1 aromatic carbocycles. The molecule has 1 aromatic heterocycles. The van der Waals surface area contributed by atoms with Gasteiger partial charge in [-0.05, 0) is 43.3 Å². The fourth-order valence-corrected chi connectivity index (χ4v) is 3.67. The van der Waals surface area contributed by atoms with Gasteiger partial charge in [-0.15, -0.1) is 0 Å². The number of amides is 2. The maximum absolute atomic E-state index is 12.9. The molecule has 0 saturated carbocycles. The first-order valence-corrected chi connectivity index (χ1v) is 9.33. The number of ether oxygens (including phenoxy) is 2.